The fraction of sp³-hybridized carbons (Fsp3) is 0.500. The van der Waals surface area contributed by atoms with Crippen LogP contribution in [0.25, 0.3) is 0 Å². The molecule has 1 aromatic rings. The molecule has 2 rings (SSSR count). The van der Waals surface area contributed by atoms with E-state index in [4.69, 9.17) is 0 Å². The van der Waals surface area contributed by atoms with Crippen molar-refractivity contribution in [1.29, 1.82) is 0 Å². The first-order valence-corrected chi connectivity index (χ1v) is 6.78. The second-order valence-corrected chi connectivity index (χ2v) is 5.08. The number of hydrogen-bond donors (Lipinski definition) is 1. The van der Waals surface area contributed by atoms with Crippen molar-refractivity contribution in [2.24, 2.45) is 5.92 Å². The van der Waals surface area contributed by atoms with E-state index in [0.29, 0.717) is 6.04 Å². The maximum atomic E-state index is 3.72. The SMILES string of the molecule is C[C@H]1CC/C=C\CC[C@@H]1NCc1ccccc1. The molecule has 0 radical (unpaired) electrons. The average molecular weight is 229 g/mol. The van der Waals surface area contributed by atoms with Crippen LogP contribution in [-0.2, 0) is 6.54 Å². The van der Waals surface area contributed by atoms with Gasteiger partial charge in [0.05, 0.1) is 0 Å². The Morgan fingerprint density at radius 2 is 1.76 bits per heavy atom. The summed E-state index contributed by atoms with van der Waals surface area (Å²) >= 11 is 0. The Kier molecular flexibility index (Phi) is 4.81. The highest BCUT2D eigenvalue weighted by molar-refractivity contribution is 5.14. The molecule has 1 aliphatic rings. The van der Waals surface area contributed by atoms with Crippen LogP contribution in [0.3, 0.4) is 0 Å². The van der Waals surface area contributed by atoms with Crippen LogP contribution in [0, 0.1) is 5.92 Å². The average Bonchev–Trinajstić information content (AvgIpc) is 2.35. The minimum absolute atomic E-state index is 0.667. The second-order valence-electron chi connectivity index (χ2n) is 5.08. The summed E-state index contributed by atoms with van der Waals surface area (Å²) in [5.74, 6) is 0.781. The first kappa shape index (κ1) is 12.4. The van der Waals surface area contributed by atoms with E-state index in [-0.39, 0.29) is 0 Å². The van der Waals surface area contributed by atoms with Gasteiger partial charge in [-0.15, -0.1) is 0 Å². The van der Waals surface area contributed by atoms with Crippen LogP contribution in [0.5, 0.6) is 0 Å². The summed E-state index contributed by atoms with van der Waals surface area (Å²) in [6, 6.07) is 11.4. The molecule has 1 aliphatic carbocycles. The molecule has 0 saturated carbocycles. The van der Waals surface area contributed by atoms with Crippen LogP contribution in [-0.4, -0.2) is 6.04 Å². The minimum atomic E-state index is 0.667. The van der Waals surface area contributed by atoms with Crippen molar-refractivity contribution in [3.63, 3.8) is 0 Å². The van der Waals surface area contributed by atoms with Gasteiger partial charge < -0.3 is 5.32 Å². The normalized spacial score (nSPS) is 27.1. The molecular formula is C16H23N. The quantitative estimate of drug-likeness (QED) is 0.775. The van der Waals surface area contributed by atoms with Crippen LogP contribution in [0.4, 0.5) is 0 Å². The van der Waals surface area contributed by atoms with Gasteiger partial charge in [0, 0.05) is 12.6 Å². The number of allylic oxidation sites excluding steroid dienone is 2. The highest BCUT2D eigenvalue weighted by atomic mass is 14.9. The van der Waals surface area contributed by atoms with Crippen molar-refractivity contribution in [2.45, 2.75) is 45.2 Å². The first-order valence-electron chi connectivity index (χ1n) is 6.78. The largest absolute Gasteiger partial charge is 0.310 e. The summed E-state index contributed by atoms with van der Waals surface area (Å²) in [6.45, 7) is 3.38. The summed E-state index contributed by atoms with van der Waals surface area (Å²) in [7, 11) is 0. The van der Waals surface area contributed by atoms with Crippen molar-refractivity contribution >= 4 is 0 Å². The van der Waals surface area contributed by atoms with Gasteiger partial charge in [-0.1, -0.05) is 49.4 Å². The summed E-state index contributed by atoms with van der Waals surface area (Å²) in [5, 5.41) is 3.72. The number of benzene rings is 1. The van der Waals surface area contributed by atoms with Gasteiger partial charge >= 0.3 is 0 Å². The van der Waals surface area contributed by atoms with Crippen LogP contribution in [0.15, 0.2) is 42.5 Å². The van der Waals surface area contributed by atoms with E-state index in [1.165, 1.54) is 31.2 Å². The van der Waals surface area contributed by atoms with Gasteiger partial charge in [0.1, 0.15) is 0 Å². The highest BCUT2D eigenvalue weighted by Gasteiger charge is 2.16. The Balaban J connectivity index is 1.86. The lowest BCUT2D eigenvalue weighted by Crippen LogP contribution is -2.34. The van der Waals surface area contributed by atoms with Gasteiger partial charge in [0.2, 0.25) is 0 Å². The Bertz CT molecular complexity index is 342. The molecule has 0 unspecified atom stereocenters. The van der Waals surface area contributed by atoms with Crippen molar-refractivity contribution < 1.29 is 0 Å². The van der Waals surface area contributed by atoms with Crippen molar-refractivity contribution in [3.05, 3.63) is 48.0 Å². The third-order valence-corrected chi connectivity index (χ3v) is 3.70. The Hall–Kier alpha value is -1.08. The predicted octanol–water partition coefficient (Wildman–Crippen LogP) is 3.91. The maximum Gasteiger partial charge on any atom is 0.0208 e. The van der Waals surface area contributed by atoms with Gasteiger partial charge in [-0.3, -0.25) is 0 Å². The summed E-state index contributed by atoms with van der Waals surface area (Å²) in [5.41, 5.74) is 1.39. The molecule has 0 spiro atoms. The molecule has 17 heavy (non-hydrogen) atoms. The van der Waals surface area contributed by atoms with Gasteiger partial charge in [-0.05, 0) is 37.2 Å². The third-order valence-electron chi connectivity index (χ3n) is 3.70. The molecule has 0 bridgehead atoms. The smallest absolute Gasteiger partial charge is 0.0208 e. The lowest BCUT2D eigenvalue weighted by molar-refractivity contribution is 0.336. The van der Waals surface area contributed by atoms with Crippen LogP contribution < -0.4 is 5.32 Å². The van der Waals surface area contributed by atoms with Crippen LogP contribution in [0.2, 0.25) is 0 Å². The fourth-order valence-corrected chi connectivity index (χ4v) is 2.50. The van der Waals surface area contributed by atoms with Gasteiger partial charge in [-0.2, -0.15) is 0 Å². The zero-order valence-corrected chi connectivity index (χ0v) is 10.7. The Labute approximate surface area is 105 Å². The monoisotopic (exact) mass is 229 g/mol. The van der Waals surface area contributed by atoms with Gasteiger partial charge in [0.15, 0.2) is 0 Å². The summed E-state index contributed by atoms with van der Waals surface area (Å²) in [6.07, 6.45) is 9.71. The van der Waals surface area contributed by atoms with E-state index in [1.807, 2.05) is 0 Å². The van der Waals surface area contributed by atoms with E-state index in [0.717, 1.165) is 12.5 Å². The molecule has 1 N–H and O–H groups in total. The van der Waals surface area contributed by atoms with E-state index in [2.05, 4.69) is 54.7 Å². The lowest BCUT2D eigenvalue weighted by Gasteiger charge is -2.26. The molecule has 0 amide bonds. The first-order chi connectivity index (χ1) is 8.36. The Morgan fingerprint density at radius 1 is 1.06 bits per heavy atom. The van der Waals surface area contributed by atoms with E-state index >= 15 is 0 Å². The van der Waals surface area contributed by atoms with E-state index in [1.54, 1.807) is 0 Å². The maximum absolute atomic E-state index is 3.72. The molecule has 1 heteroatoms. The van der Waals surface area contributed by atoms with Gasteiger partial charge in [-0.25, -0.2) is 0 Å². The van der Waals surface area contributed by atoms with Crippen LogP contribution >= 0.6 is 0 Å². The second kappa shape index (κ2) is 6.61. The molecule has 1 nitrogen and oxygen atoms in total. The van der Waals surface area contributed by atoms with Crippen molar-refractivity contribution in [3.8, 4) is 0 Å². The van der Waals surface area contributed by atoms with Crippen molar-refractivity contribution in [2.75, 3.05) is 0 Å². The standard InChI is InChI=1S/C16H23N/c1-14-9-5-2-3-8-12-16(14)17-13-15-10-6-4-7-11-15/h2-4,6-7,10-11,14,16-17H,5,8-9,12-13H2,1H3/b3-2-/t14-,16-/m0/s1. The predicted molar refractivity (Wildman–Crippen MR) is 73.8 cm³/mol. The summed E-state index contributed by atoms with van der Waals surface area (Å²) < 4.78 is 0. The molecule has 0 heterocycles. The van der Waals surface area contributed by atoms with E-state index < -0.39 is 0 Å². The van der Waals surface area contributed by atoms with E-state index in [9.17, 15) is 0 Å². The number of rotatable bonds is 3. The zero-order valence-electron chi connectivity index (χ0n) is 10.7. The molecule has 0 aromatic heterocycles. The topological polar surface area (TPSA) is 12.0 Å². The third kappa shape index (κ3) is 4.01. The molecule has 0 fully saturated rings. The molecule has 0 aliphatic heterocycles. The minimum Gasteiger partial charge on any atom is -0.310 e. The molecule has 0 saturated heterocycles. The van der Waals surface area contributed by atoms with Gasteiger partial charge in [0.25, 0.3) is 0 Å². The Morgan fingerprint density at radius 3 is 2.53 bits per heavy atom. The molecular weight excluding hydrogens is 206 g/mol. The number of nitrogens with one attached hydrogen (secondary N) is 1. The van der Waals surface area contributed by atoms with Crippen molar-refractivity contribution in [1.82, 2.24) is 5.32 Å². The summed E-state index contributed by atoms with van der Waals surface area (Å²) in [4.78, 5) is 0. The fourth-order valence-electron chi connectivity index (χ4n) is 2.50. The van der Waals surface area contributed by atoms with Crippen LogP contribution in [0.1, 0.15) is 38.2 Å². The molecule has 92 valence electrons. The lowest BCUT2D eigenvalue weighted by atomic mass is 9.90. The molecule has 2 atom stereocenters. The number of hydrogen-bond acceptors (Lipinski definition) is 1. The zero-order chi connectivity index (χ0) is 11.9. The molecule has 1 aromatic carbocycles. The highest BCUT2D eigenvalue weighted by Crippen LogP contribution is 2.19.